The van der Waals surface area contributed by atoms with Crippen molar-refractivity contribution < 1.29 is 14.3 Å². The van der Waals surface area contributed by atoms with Crippen LogP contribution in [0.2, 0.25) is 0 Å². The molecule has 1 aliphatic rings. The van der Waals surface area contributed by atoms with Crippen molar-refractivity contribution in [2.75, 3.05) is 38.8 Å². The molecule has 0 aromatic heterocycles. The maximum Gasteiger partial charge on any atom is 0.222 e. The van der Waals surface area contributed by atoms with Gasteiger partial charge in [0, 0.05) is 31.0 Å². The van der Waals surface area contributed by atoms with Gasteiger partial charge in [-0.05, 0) is 24.1 Å². The summed E-state index contributed by atoms with van der Waals surface area (Å²) in [5.41, 5.74) is 1.10. The Hall–Kier alpha value is -1.36. The molecule has 2 rings (SSSR count). The summed E-state index contributed by atoms with van der Waals surface area (Å²) in [6, 6.07) is 5.81. The quantitative estimate of drug-likeness (QED) is 0.835. The molecule has 0 unspecified atom stereocenters. The summed E-state index contributed by atoms with van der Waals surface area (Å²) in [6.07, 6.45) is 1.29. The van der Waals surface area contributed by atoms with E-state index in [0.29, 0.717) is 12.2 Å². The summed E-state index contributed by atoms with van der Waals surface area (Å²) < 4.78 is 10.5. The highest BCUT2D eigenvalue weighted by atomic mass is 32.2. The molecule has 0 aliphatic carbocycles. The number of carbonyl (C=O) groups excluding carboxylic acids is 1. The molecule has 1 saturated heterocycles. The third-order valence-corrected chi connectivity index (χ3v) is 4.38. The van der Waals surface area contributed by atoms with Crippen LogP contribution in [-0.2, 0) is 11.2 Å². The summed E-state index contributed by atoms with van der Waals surface area (Å²) in [6.45, 7) is 1.77. The number of ether oxygens (including phenoxy) is 2. The van der Waals surface area contributed by atoms with Crippen LogP contribution in [0, 0.1) is 0 Å². The van der Waals surface area contributed by atoms with E-state index in [-0.39, 0.29) is 5.91 Å². The van der Waals surface area contributed by atoms with Crippen molar-refractivity contribution in [2.24, 2.45) is 0 Å². The second kappa shape index (κ2) is 7.43. The van der Waals surface area contributed by atoms with E-state index in [4.69, 9.17) is 9.47 Å². The lowest BCUT2D eigenvalue weighted by Crippen LogP contribution is -2.37. The highest BCUT2D eigenvalue weighted by Gasteiger charge is 2.16. The van der Waals surface area contributed by atoms with Crippen molar-refractivity contribution in [3.63, 3.8) is 0 Å². The van der Waals surface area contributed by atoms with Crippen LogP contribution in [0.4, 0.5) is 0 Å². The van der Waals surface area contributed by atoms with Gasteiger partial charge < -0.3 is 14.4 Å². The van der Waals surface area contributed by atoms with Gasteiger partial charge >= 0.3 is 0 Å². The molecule has 110 valence electrons. The van der Waals surface area contributed by atoms with Crippen molar-refractivity contribution in [3.05, 3.63) is 23.8 Å². The minimum absolute atomic E-state index is 0.250. The van der Waals surface area contributed by atoms with Gasteiger partial charge in [-0.2, -0.15) is 11.8 Å². The molecule has 0 radical (unpaired) electrons. The Morgan fingerprint density at radius 1 is 1.20 bits per heavy atom. The third-order valence-electron chi connectivity index (χ3n) is 3.44. The van der Waals surface area contributed by atoms with Gasteiger partial charge in [-0.1, -0.05) is 6.07 Å². The first-order valence-electron chi connectivity index (χ1n) is 6.81. The zero-order valence-electron chi connectivity index (χ0n) is 12.1. The van der Waals surface area contributed by atoms with E-state index in [1.54, 1.807) is 14.2 Å². The van der Waals surface area contributed by atoms with Gasteiger partial charge in [0.1, 0.15) is 0 Å². The fraction of sp³-hybridized carbons (Fsp3) is 0.533. The first-order valence-corrected chi connectivity index (χ1v) is 7.96. The second-order valence-electron chi connectivity index (χ2n) is 4.68. The van der Waals surface area contributed by atoms with Crippen molar-refractivity contribution in [2.45, 2.75) is 12.8 Å². The summed E-state index contributed by atoms with van der Waals surface area (Å²) in [5.74, 6) is 3.80. The number of nitrogens with zero attached hydrogens (tertiary/aromatic N) is 1. The van der Waals surface area contributed by atoms with E-state index in [2.05, 4.69) is 0 Å². The second-order valence-corrected chi connectivity index (χ2v) is 5.91. The topological polar surface area (TPSA) is 38.8 Å². The molecule has 0 spiro atoms. The number of methoxy groups -OCH3 is 2. The van der Waals surface area contributed by atoms with E-state index in [1.165, 1.54) is 0 Å². The van der Waals surface area contributed by atoms with Crippen molar-refractivity contribution in [1.29, 1.82) is 0 Å². The number of hydrogen-bond acceptors (Lipinski definition) is 4. The van der Waals surface area contributed by atoms with Crippen LogP contribution >= 0.6 is 11.8 Å². The number of thioether (sulfide) groups is 1. The summed E-state index contributed by atoms with van der Waals surface area (Å²) in [4.78, 5) is 14.1. The zero-order chi connectivity index (χ0) is 14.4. The van der Waals surface area contributed by atoms with Crippen LogP contribution in [0.5, 0.6) is 11.5 Å². The lowest BCUT2D eigenvalue weighted by molar-refractivity contribution is -0.130. The Morgan fingerprint density at radius 3 is 2.55 bits per heavy atom. The lowest BCUT2D eigenvalue weighted by Gasteiger charge is -2.26. The first kappa shape index (κ1) is 15.0. The maximum absolute atomic E-state index is 12.1. The largest absolute Gasteiger partial charge is 0.493 e. The minimum atomic E-state index is 0.250. The van der Waals surface area contributed by atoms with Gasteiger partial charge in [-0.25, -0.2) is 0 Å². The average Bonchev–Trinajstić information content (AvgIpc) is 2.53. The van der Waals surface area contributed by atoms with Crippen LogP contribution in [0.25, 0.3) is 0 Å². The Balaban J connectivity index is 1.91. The standard InChI is InChI=1S/C15H21NO3S/c1-18-13-5-3-12(11-14(13)19-2)4-6-15(17)16-7-9-20-10-8-16/h3,5,11H,4,6-10H2,1-2H3. The number of carbonyl (C=O) groups is 1. The molecular formula is C15H21NO3S. The molecule has 1 heterocycles. The number of amides is 1. The number of hydrogen-bond donors (Lipinski definition) is 0. The zero-order valence-corrected chi connectivity index (χ0v) is 12.9. The maximum atomic E-state index is 12.1. The summed E-state index contributed by atoms with van der Waals surface area (Å²) in [5, 5.41) is 0. The first-order chi connectivity index (χ1) is 9.74. The van der Waals surface area contributed by atoms with Crippen molar-refractivity contribution in [3.8, 4) is 11.5 Å². The van der Waals surface area contributed by atoms with Crippen LogP contribution in [0.15, 0.2) is 18.2 Å². The molecule has 1 amide bonds. The fourth-order valence-electron chi connectivity index (χ4n) is 2.26. The fourth-order valence-corrected chi connectivity index (χ4v) is 3.16. The Kier molecular flexibility index (Phi) is 5.59. The van der Waals surface area contributed by atoms with Crippen LogP contribution in [-0.4, -0.2) is 49.6 Å². The van der Waals surface area contributed by atoms with Gasteiger partial charge in [0.25, 0.3) is 0 Å². The molecule has 1 aliphatic heterocycles. The SMILES string of the molecule is COc1ccc(CCC(=O)N2CCSCC2)cc1OC. The number of benzene rings is 1. The van der Waals surface area contributed by atoms with E-state index in [1.807, 2.05) is 34.9 Å². The molecule has 1 fully saturated rings. The van der Waals surface area contributed by atoms with Gasteiger partial charge in [0.05, 0.1) is 14.2 Å². The highest BCUT2D eigenvalue weighted by Crippen LogP contribution is 2.28. The number of rotatable bonds is 5. The number of aryl methyl sites for hydroxylation is 1. The molecule has 0 N–H and O–H groups in total. The Morgan fingerprint density at radius 2 is 1.90 bits per heavy atom. The smallest absolute Gasteiger partial charge is 0.222 e. The third kappa shape index (κ3) is 3.82. The van der Waals surface area contributed by atoms with E-state index >= 15 is 0 Å². The van der Waals surface area contributed by atoms with Crippen LogP contribution in [0.3, 0.4) is 0 Å². The molecule has 4 nitrogen and oxygen atoms in total. The molecular weight excluding hydrogens is 274 g/mol. The molecule has 1 aromatic rings. The van der Waals surface area contributed by atoms with Gasteiger partial charge in [-0.3, -0.25) is 4.79 Å². The van der Waals surface area contributed by atoms with Crippen LogP contribution in [0.1, 0.15) is 12.0 Å². The predicted octanol–water partition coefficient (Wildman–Crippen LogP) is 2.21. The Bertz CT molecular complexity index is 458. The summed E-state index contributed by atoms with van der Waals surface area (Å²) >= 11 is 1.92. The molecule has 0 bridgehead atoms. The van der Waals surface area contributed by atoms with Crippen molar-refractivity contribution >= 4 is 17.7 Å². The minimum Gasteiger partial charge on any atom is -0.493 e. The monoisotopic (exact) mass is 295 g/mol. The van der Waals surface area contributed by atoms with Crippen LogP contribution < -0.4 is 9.47 Å². The molecule has 1 aromatic carbocycles. The molecule has 0 saturated carbocycles. The van der Waals surface area contributed by atoms with E-state index < -0.39 is 0 Å². The predicted molar refractivity (Wildman–Crippen MR) is 81.8 cm³/mol. The Labute approximate surface area is 124 Å². The molecule has 20 heavy (non-hydrogen) atoms. The van der Waals surface area contributed by atoms with Gasteiger partial charge in [0.2, 0.25) is 5.91 Å². The molecule has 5 heteroatoms. The van der Waals surface area contributed by atoms with E-state index in [9.17, 15) is 4.79 Å². The normalized spacial score (nSPS) is 15.0. The van der Waals surface area contributed by atoms with Gasteiger partial charge in [-0.15, -0.1) is 0 Å². The van der Waals surface area contributed by atoms with Crippen molar-refractivity contribution in [1.82, 2.24) is 4.90 Å². The molecule has 0 atom stereocenters. The lowest BCUT2D eigenvalue weighted by atomic mass is 10.1. The average molecular weight is 295 g/mol. The van der Waals surface area contributed by atoms with E-state index in [0.717, 1.165) is 42.3 Å². The highest BCUT2D eigenvalue weighted by molar-refractivity contribution is 7.99. The van der Waals surface area contributed by atoms with Gasteiger partial charge in [0.15, 0.2) is 11.5 Å². The summed E-state index contributed by atoms with van der Waals surface area (Å²) in [7, 11) is 3.24.